The van der Waals surface area contributed by atoms with Crippen molar-refractivity contribution in [3.05, 3.63) is 72.7 Å². The summed E-state index contributed by atoms with van der Waals surface area (Å²) in [5.74, 6) is 0.661. The van der Waals surface area contributed by atoms with Crippen LogP contribution in [0.1, 0.15) is 23.2 Å². The molecule has 0 spiro atoms. The van der Waals surface area contributed by atoms with E-state index in [1.165, 1.54) is 12.8 Å². The second kappa shape index (κ2) is 6.20. The lowest BCUT2D eigenvalue weighted by Gasteiger charge is -2.09. The van der Waals surface area contributed by atoms with Gasteiger partial charge in [-0.2, -0.15) is 0 Å². The molecule has 1 fully saturated rings. The molecular weight excluding hydrogens is 300 g/mol. The second-order valence-electron chi connectivity index (χ2n) is 5.95. The predicted molar refractivity (Wildman–Crippen MR) is 94.6 cm³/mol. The number of hydrogen-bond donors (Lipinski definition) is 2. The number of benzene rings is 1. The average Bonchev–Trinajstić information content (AvgIpc) is 3.25. The molecule has 3 aromatic rings. The van der Waals surface area contributed by atoms with Crippen LogP contribution >= 0.6 is 0 Å². The first-order valence-corrected chi connectivity index (χ1v) is 8.05. The van der Waals surface area contributed by atoms with Crippen LogP contribution in [0.25, 0.3) is 5.69 Å². The maximum absolute atomic E-state index is 12.4. The molecule has 1 aliphatic carbocycles. The maximum atomic E-state index is 12.4. The topological polar surface area (TPSA) is 59.0 Å². The van der Waals surface area contributed by atoms with E-state index in [9.17, 15) is 4.79 Å². The van der Waals surface area contributed by atoms with E-state index in [-0.39, 0.29) is 5.91 Å². The Kier molecular flexibility index (Phi) is 3.75. The third kappa shape index (κ3) is 3.30. The molecule has 4 rings (SSSR count). The zero-order valence-corrected chi connectivity index (χ0v) is 13.1. The first-order chi connectivity index (χ1) is 11.8. The van der Waals surface area contributed by atoms with Gasteiger partial charge in [0.1, 0.15) is 5.82 Å². The van der Waals surface area contributed by atoms with Crippen LogP contribution in [0.2, 0.25) is 0 Å². The van der Waals surface area contributed by atoms with Crippen LogP contribution in [0.3, 0.4) is 0 Å². The first-order valence-electron chi connectivity index (χ1n) is 8.05. The van der Waals surface area contributed by atoms with Crippen molar-refractivity contribution in [1.29, 1.82) is 0 Å². The van der Waals surface area contributed by atoms with E-state index < -0.39 is 0 Å². The fraction of sp³-hybridized carbons (Fsp3) is 0.158. The van der Waals surface area contributed by atoms with E-state index in [0.29, 0.717) is 11.6 Å². The Morgan fingerprint density at radius 2 is 1.92 bits per heavy atom. The lowest BCUT2D eigenvalue weighted by molar-refractivity contribution is 0.102. The van der Waals surface area contributed by atoms with Crippen molar-refractivity contribution >= 4 is 17.4 Å². The summed E-state index contributed by atoms with van der Waals surface area (Å²) in [5.41, 5.74) is 2.30. The molecule has 2 N–H and O–H groups in total. The van der Waals surface area contributed by atoms with Gasteiger partial charge in [0.15, 0.2) is 0 Å². The minimum atomic E-state index is -0.162. The maximum Gasteiger partial charge on any atom is 0.257 e. The first kappa shape index (κ1) is 14.5. The standard InChI is InChI=1S/C19H18N4O/c24-19(14-6-9-18(20-13-14)21-15-7-8-15)22-16-4-3-5-17(12-16)23-10-1-2-11-23/h1-6,9-13,15H,7-8H2,(H,20,21)(H,22,24). The Bertz CT molecular complexity index is 836. The number of hydrogen-bond acceptors (Lipinski definition) is 3. The summed E-state index contributed by atoms with van der Waals surface area (Å²) >= 11 is 0. The van der Waals surface area contributed by atoms with Crippen molar-refractivity contribution in [3.8, 4) is 5.69 Å². The fourth-order valence-corrected chi connectivity index (χ4v) is 2.50. The molecule has 5 nitrogen and oxygen atoms in total. The largest absolute Gasteiger partial charge is 0.367 e. The smallest absolute Gasteiger partial charge is 0.257 e. The van der Waals surface area contributed by atoms with Crippen LogP contribution in [0, 0.1) is 0 Å². The number of carbonyl (C=O) groups is 1. The Hall–Kier alpha value is -3.08. The van der Waals surface area contributed by atoms with Gasteiger partial charge in [-0.05, 0) is 55.3 Å². The van der Waals surface area contributed by atoms with E-state index in [1.807, 2.05) is 59.4 Å². The van der Waals surface area contributed by atoms with Crippen LogP contribution in [0.5, 0.6) is 0 Å². The number of aromatic nitrogens is 2. The highest BCUT2D eigenvalue weighted by molar-refractivity contribution is 6.04. The molecule has 1 amide bonds. The van der Waals surface area contributed by atoms with Crippen molar-refractivity contribution in [1.82, 2.24) is 9.55 Å². The number of anilines is 2. The van der Waals surface area contributed by atoms with E-state index >= 15 is 0 Å². The summed E-state index contributed by atoms with van der Waals surface area (Å²) in [7, 11) is 0. The summed E-state index contributed by atoms with van der Waals surface area (Å²) in [5, 5.41) is 6.23. The van der Waals surface area contributed by atoms with E-state index in [0.717, 1.165) is 17.2 Å². The molecule has 0 radical (unpaired) electrons. The highest BCUT2D eigenvalue weighted by atomic mass is 16.1. The van der Waals surface area contributed by atoms with Gasteiger partial charge in [-0.3, -0.25) is 4.79 Å². The molecule has 120 valence electrons. The molecule has 0 atom stereocenters. The Morgan fingerprint density at radius 1 is 1.08 bits per heavy atom. The Labute approximate surface area is 140 Å². The third-order valence-electron chi connectivity index (χ3n) is 3.96. The van der Waals surface area contributed by atoms with Gasteiger partial charge in [-0.1, -0.05) is 6.07 Å². The van der Waals surface area contributed by atoms with Crippen LogP contribution in [0.4, 0.5) is 11.5 Å². The highest BCUT2D eigenvalue weighted by Gasteiger charge is 2.21. The van der Waals surface area contributed by atoms with Crippen LogP contribution in [-0.2, 0) is 0 Å². The van der Waals surface area contributed by atoms with Gasteiger partial charge in [-0.25, -0.2) is 4.98 Å². The van der Waals surface area contributed by atoms with Gasteiger partial charge in [0.05, 0.1) is 5.56 Å². The summed E-state index contributed by atoms with van der Waals surface area (Å²) in [6.45, 7) is 0. The van der Waals surface area contributed by atoms with Gasteiger partial charge >= 0.3 is 0 Å². The minimum Gasteiger partial charge on any atom is -0.367 e. The number of rotatable bonds is 5. The number of pyridine rings is 1. The highest BCUT2D eigenvalue weighted by Crippen LogP contribution is 2.23. The van der Waals surface area contributed by atoms with E-state index in [1.54, 1.807) is 12.3 Å². The lowest BCUT2D eigenvalue weighted by atomic mass is 10.2. The normalized spacial score (nSPS) is 13.5. The van der Waals surface area contributed by atoms with E-state index in [2.05, 4.69) is 15.6 Å². The number of nitrogens with zero attached hydrogens (tertiary/aromatic N) is 2. The Morgan fingerprint density at radius 3 is 2.62 bits per heavy atom. The number of amides is 1. The second-order valence-corrected chi connectivity index (χ2v) is 5.95. The summed E-state index contributed by atoms with van der Waals surface area (Å²) in [6.07, 6.45) is 7.94. The monoisotopic (exact) mass is 318 g/mol. The zero-order valence-electron chi connectivity index (χ0n) is 13.1. The van der Waals surface area contributed by atoms with Crippen molar-refractivity contribution in [2.45, 2.75) is 18.9 Å². The molecule has 0 aliphatic heterocycles. The van der Waals surface area contributed by atoms with Gasteiger partial charge in [-0.15, -0.1) is 0 Å². The van der Waals surface area contributed by atoms with Gasteiger partial charge in [0.25, 0.3) is 5.91 Å². The lowest BCUT2D eigenvalue weighted by Crippen LogP contribution is -2.13. The molecule has 2 aromatic heterocycles. The molecule has 2 heterocycles. The molecular formula is C19H18N4O. The van der Waals surface area contributed by atoms with Gasteiger partial charge in [0, 0.05) is 36.0 Å². The van der Waals surface area contributed by atoms with Crippen molar-refractivity contribution < 1.29 is 4.79 Å². The van der Waals surface area contributed by atoms with Gasteiger partial charge in [0.2, 0.25) is 0 Å². The SMILES string of the molecule is O=C(Nc1cccc(-n2cccc2)c1)c1ccc(NC2CC2)nc1. The number of nitrogens with one attached hydrogen (secondary N) is 2. The quantitative estimate of drug-likeness (QED) is 0.754. The molecule has 5 heteroatoms. The van der Waals surface area contributed by atoms with Crippen LogP contribution in [0.15, 0.2) is 67.1 Å². The molecule has 1 aromatic carbocycles. The molecule has 1 aliphatic rings. The van der Waals surface area contributed by atoms with Crippen molar-refractivity contribution in [2.24, 2.45) is 0 Å². The summed E-state index contributed by atoms with van der Waals surface area (Å²) in [6, 6.07) is 15.9. The van der Waals surface area contributed by atoms with Crippen LogP contribution in [-0.4, -0.2) is 21.5 Å². The van der Waals surface area contributed by atoms with Gasteiger partial charge < -0.3 is 15.2 Å². The molecule has 0 saturated heterocycles. The third-order valence-corrected chi connectivity index (χ3v) is 3.96. The summed E-state index contributed by atoms with van der Waals surface area (Å²) in [4.78, 5) is 16.7. The van der Waals surface area contributed by atoms with Crippen LogP contribution < -0.4 is 10.6 Å². The van der Waals surface area contributed by atoms with Crippen molar-refractivity contribution in [2.75, 3.05) is 10.6 Å². The molecule has 24 heavy (non-hydrogen) atoms. The Balaban J connectivity index is 1.46. The van der Waals surface area contributed by atoms with Crippen molar-refractivity contribution in [3.63, 3.8) is 0 Å². The molecule has 0 unspecified atom stereocenters. The minimum absolute atomic E-state index is 0.162. The molecule has 1 saturated carbocycles. The fourth-order valence-electron chi connectivity index (χ4n) is 2.50. The zero-order chi connectivity index (χ0) is 16.4. The summed E-state index contributed by atoms with van der Waals surface area (Å²) < 4.78 is 2.00. The van der Waals surface area contributed by atoms with E-state index in [4.69, 9.17) is 0 Å². The number of carbonyl (C=O) groups excluding carboxylic acids is 1. The molecule has 0 bridgehead atoms. The average molecular weight is 318 g/mol. The predicted octanol–water partition coefficient (Wildman–Crippen LogP) is 3.70.